The molecule has 6 heteroatoms. The highest BCUT2D eigenvalue weighted by atomic mass is 16.5. The van der Waals surface area contributed by atoms with Crippen molar-refractivity contribution >= 4 is 5.97 Å². The van der Waals surface area contributed by atoms with Gasteiger partial charge in [0.1, 0.15) is 0 Å². The quantitative estimate of drug-likeness (QED) is 0.370. The van der Waals surface area contributed by atoms with Crippen molar-refractivity contribution in [2.24, 2.45) is 0 Å². The summed E-state index contributed by atoms with van der Waals surface area (Å²) >= 11 is 0. The first-order chi connectivity index (χ1) is 8.68. The molecular weight excluding hydrogens is 240 g/mol. The number of hydrogen-bond acceptors (Lipinski definition) is 5. The maximum atomic E-state index is 10.4. The maximum absolute atomic E-state index is 10.4. The van der Waals surface area contributed by atoms with E-state index in [1.165, 1.54) is 0 Å². The molecule has 0 aliphatic rings. The highest BCUT2D eigenvalue weighted by Crippen LogP contribution is 1.93. The Balaban J connectivity index is 3.07. The molecule has 0 saturated carbocycles. The molecule has 0 aromatic carbocycles. The van der Waals surface area contributed by atoms with Gasteiger partial charge in [0, 0.05) is 26.4 Å². The summed E-state index contributed by atoms with van der Waals surface area (Å²) in [4.78, 5) is 10.4. The van der Waals surface area contributed by atoms with Crippen LogP contribution in [0.4, 0.5) is 0 Å². The van der Waals surface area contributed by atoms with Gasteiger partial charge in [0.15, 0.2) is 0 Å². The van der Waals surface area contributed by atoms with Gasteiger partial charge in [-0.3, -0.25) is 0 Å². The normalized spacial score (nSPS) is 10.5. The van der Waals surface area contributed by atoms with Crippen molar-refractivity contribution in [1.82, 2.24) is 0 Å². The SMILES string of the molecule is C=C(COCCCOCCOCCCO)C(=O)O. The molecule has 0 saturated heterocycles. The molecule has 0 rings (SSSR count). The number of rotatable bonds is 13. The van der Waals surface area contributed by atoms with E-state index in [9.17, 15) is 4.79 Å². The topological polar surface area (TPSA) is 85.2 Å². The highest BCUT2D eigenvalue weighted by Gasteiger charge is 2.02. The van der Waals surface area contributed by atoms with Crippen LogP contribution in [0, 0.1) is 0 Å². The van der Waals surface area contributed by atoms with Crippen molar-refractivity contribution in [3.63, 3.8) is 0 Å². The van der Waals surface area contributed by atoms with Crippen LogP contribution in [0.2, 0.25) is 0 Å². The third-order valence-corrected chi connectivity index (χ3v) is 1.97. The Bertz CT molecular complexity index is 229. The van der Waals surface area contributed by atoms with Gasteiger partial charge in [-0.2, -0.15) is 0 Å². The number of carbonyl (C=O) groups is 1. The minimum absolute atomic E-state index is 0.0413. The van der Waals surface area contributed by atoms with Gasteiger partial charge in [-0.25, -0.2) is 4.79 Å². The van der Waals surface area contributed by atoms with Crippen molar-refractivity contribution in [2.75, 3.05) is 46.2 Å². The lowest BCUT2D eigenvalue weighted by Gasteiger charge is -2.06. The van der Waals surface area contributed by atoms with Crippen LogP contribution in [-0.4, -0.2) is 62.4 Å². The van der Waals surface area contributed by atoms with Gasteiger partial charge >= 0.3 is 5.97 Å². The lowest BCUT2D eigenvalue weighted by atomic mass is 10.3. The average molecular weight is 262 g/mol. The molecule has 0 bridgehead atoms. The minimum Gasteiger partial charge on any atom is -0.478 e. The molecule has 0 aliphatic heterocycles. The fraction of sp³-hybridized carbons (Fsp3) is 0.750. The largest absolute Gasteiger partial charge is 0.478 e. The predicted molar refractivity (Wildman–Crippen MR) is 65.6 cm³/mol. The smallest absolute Gasteiger partial charge is 0.333 e. The fourth-order valence-corrected chi connectivity index (χ4v) is 1.01. The van der Waals surface area contributed by atoms with Gasteiger partial charge in [0.2, 0.25) is 0 Å². The summed E-state index contributed by atoms with van der Waals surface area (Å²) in [5.41, 5.74) is 0.0493. The van der Waals surface area contributed by atoms with E-state index in [4.69, 9.17) is 24.4 Å². The van der Waals surface area contributed by atoms with Gasteiger partial charge in [0.25, 0.3) is 0 Å². The van der Waals surface area contributed by atoms with Crippen LogP contribution < -0.4 is 0 Å². The molecule has 106 valence electrons. The Morgan fingerprint density at radius 1 is 0.944 bits per heavy atom. The lowest BCUT2D eigenvalue weighted by Crippen LogP contribution is -2.10. The summed E-state index contributed by atoms with van der Waals surface area (Å²) in [6.45, 7) is 6.07. The molecule has 0 heterocycles. The minimum atomic E-state index is -1.04. The monoisotopic (exact) mass is 262 g/mol. The van der Waals surface area contributed by atoms with E-state index in [-0.39, 0.29) is 18.8 Å². The van der Waals surface area contributed by atoms with Crippen LogP contribution in [0.15, 0.2) is 12.2 Å². The third kappa shape index (κ3) is 11.5. The van der Waals surface area contributed by atoms with E-state index in [2.05, 4.69) is 6.58 Å². The summed E-state index contributed by atoms with van der Waals surface area (Å²) in [6.07, 6.45) is 1.34. The second kappa shape index (κ2) is 12.5. The highest BCUT2D eigenvalue weighted by molar-refractivity contribution is 5.85. The number of aliphatic hydroxyl groups excluding tert-OH is 1. The van der Waals surface area contributed by atoms with Crippen molar-refractivity contribution in [3.8, 4) is 0 Å². The number of aliphatic hydroxyl groups is 1. The number of ether oxygens (including phenoxy) is 3. The molecule has 0 atom stereocenters. The molecule has 0 aliphatic carbocycles. The first-order valence-corrected chi connectivity index (χ1v) is 5.93. The van der Waals surface area contributed by atoms with E-state index in [0.717, 1.165) is 0 Å². The van der Waals surface area contributed by atoms with Crippen molar-refractivity contribution in [1.29, 1.82) is 0 Å². The summed E-state index contributed by atoms with van der Waals surface area (Å²) in [6, 6.07) is 0. The van der Waals surface area contributed by atoms with E-state index >= 15 is 0 Å². The molecule has 0 radical (unpaired) electrons. The van der Waals surface area contributed by atoms with E-state index in [0.29, 0.717) is 45.9 Å². The molecular formula is C12H22O6. The number of carboxylic acids is 1. The zero-order valence-corrected chi connectivity index (χ0v) is 10.6. The number of carboxylic acid groups (broad SMARTS) is 1. The zero-order valence-electron chi connectivity index (χ0n) is 10.6. The van der Waals surface area contributed by atoms with Crippen LogP contribution in [-0.2, 0) is 19.0 Å². The molecule has 6 nitrogen and oxygen atoms in total. The van der Waals surface area contributed by atoms with E-state index in [1.807, 2.05) is 0 Å². The first kappa shape index (κ1) is 17.1. The Labute approximate surface area is 107 Å². The second-order valence-electron chi connectivity index (χ2n) is 3.62. The van der Waals surface area contributed by atoms with Gasteiger partial charge in [-0.1, -0.05) is 6.58 Å². The van der Waals surface area contributed by atoms with Gasteiger partial charge in [0.05, 0.1) is 25.4 Å². The number of aliphatic carboxylic acids is 1. The van der Waals surface area contributed by atoms with Crippen LogP contribution in [0.25, 0.3) is 0 Å². The fourth-order valence-electron chi connectivity index (χ4n) is 1.01. The van der Waals surface area contributed by atoms with Crippen LogP contribution in [0.1, 0.15) is 12.8 Å². The summed E-state index contributed by atoms with van der Waals surface area (Å²) < 4.78 is 15.5. The van der Waals surface area contributed by atoms with E-state index in [1.54, 1.807) is 0 Å². The molecule has 2 N–H and O–H groups in total. The molecule has 18 heavy (non-hydrogen) atoms. The Hall–Kier alpha value is -0.950. The summed E-state index contributed by atoms with van der Waals surface area (Å²) in [5, 5.41) is 17.0. The van der Waals surface area contributed by atoms with Crippen LogP contribution >= 0.6 is 0 Å². The predicted octanol–water partition coefficient (Wildman–Crippen LogP) is 0.450. The average Bonchev–Trinajstić information content (AvgIpc) is 2.35. The Morgan fingerprint density at radius 2 is 1.50 bits per heavy atom. The van der Waals surface area contributed by atoms with Gasteiger partial charge < -0.3 is 24.4 Å². The molecule has 0 unspecified atom stereocenters. The molecule has 0 amide bonds. The van der Waals surface area contributed by atoms with Gasteiger partial charge in [-0.15, -0.1) is 0 Å². The van der Waals surface area contributed by atoms with Crippen molar-refractivity contribution < 1.29 is 29.2 Å². The molecule has 0 aromatic rings. The number of hydrogen-bond donors (Lipinski definition) is 2. The second-order valence-corrected chi connectivity index (χ2v) is 3.62. The first-order valence-electron chi connectivity index (χ1n) is 5.93. The van der Waals surface area contributed by atoms with Gasteiger partial charge in [-0.05, 0) is 12.8 Å². The molecule has 0 aromatic heterocycles. The summed E-state index contributed by atoms with van der Waals surface area (Å²) in [7, 11) is 0. The summed E-state index contributed by atoms with van der Waals surface area (Å²) in [5.74, 6) is -1.04. The third-order valence-electron chi connectivity index (χ3n) is 1.97. The standard InChI is InChI=1S/C12H22O6/c1-11(12(14)15)10-18-7-3-6-17-9-8-16-5-2-4-13/h13H,1-10H2,(H,14,15). The van der Waals surface area contributed by atoms with E-state index < -0.39 is 5.97 Å². The Kier molecular flexibility index (Phi) is 11.8. The van der Waals surface area contributed by atoms with Crippen molar-refractivity contribution in [3.05, 3.63) is 12.2 Å². The van der Waals surface area contributed by atoms with Crippen molar-refractivity contribution in [2.45, 2.75) is 12.8 Å². The van der Waals surface area contributed by atoms with Crippen LogP contribution in [0.3, 0.4) is 0 Å². The molecule has 0 spiro atoms. The lowest BCUT2D eigenvalue weighted by molar-refractivity contribution is -0.133. The molecule has 0 fully saturated rings. The van der Waals surface area contributed by atoms with Crippen LogP contribution in [0.5, 0.6) is 0 Å². The maximum Gasteiger partial charge on any atom is 0.333 e. The Morgan fingerprint density at radius 3 is 2.06 bits per heavy atom. The zero-order chi connectivity index (χ0) is 13.6.